The fourth-order valence-corrected chi connectivity index (χ4v) is 5.04. The van der Waals surface area contributed by atoms with Crippen molar-refractivity contribution in [2.45, 2.75) is 96.9 Å². The number of rotatable bonds is 13. The molecule has 0 bridgehead atoms. The second-order valence-electron chi connectivity index (χ2n) is 10.2. The number of ether oxygens (including phenoxy) is 1. The lowest BCUT2D eigenvalue weighted by atomic mass is 10.0. The van der Waals surface area contributed by atoms with Gasteiger partial charge in [0.1, 0.15) is 0 Å². The summed E-state index contributed by atoms with van der Waals surface area (Å²) >= 11 is 0. The van der Waals surface area contributed by atoms with Gasteiger partial charge in [-0.3, -0.25) is 4.79 Å². The van der Waals surface area contributed by atoms with Gasteiger partial charge in [-0.1, -0.05) is 94.8 Å². The summed E-state index contributed by atoms with van der Waals surface area (Å²) in [5, 5.41) is 0. The van der Waals surface area contributed by atoms with Crippen LogP contribution >= 0.6 is 0 Å². The molecule has 3 rings (SSSR count). The van der Waals surface area contributed by atoms with Crippen LogP contribution in [-0.2, 0) is 16.1 Å². The lowest BCUT2D eigenvalue weighted by molar-refractivity contribution is -0.119. The van der Waals surface area contributed by atoms with Gasteiger partial charge in [-0.25, -0.2) is 4.79 Å². The summed E-state index contributed by atoms with van der Waals surface area (Å²) in [6.07, 6.45) is 15.1. The minimum absolute atomic E-state index is 0.0942. The average molecular weight is 502 g/mol. The molecular formula is C33H43NO3. The quantitative estimate of drug-likeness (QED) is 0.158. The van der Waals surface area contributed by atoms with Crippen LogP contribution in [0.25, 0.3) is 0 Å². The first-order chi connectivity index (χ1) is 18.1. The van der Waals surface area contributed by atoms with Gasteiger partial charge in [-0.15, -0.1) is 0 Å². The zero-order valence-electron chi connectivity index (χ0n) is 22.8. The standard InChI is InChI=1S/C33H43NO3/c1-3-4-5-6-7-8-9-10-14-28-19-21-29(22-20-28)26-34(32(35)24-23-27-15-11-12-16-27)31-18-13-17-30(25-31)33(36)37-2/h13,17-22,25,27H,3-9,11-12,15-16,23-24,26H2,1-2H3. The zero-order chi connectivity index (χ0) is 26.3. The van der Waals surface area contributed by atoms with E-state index < -0.39 is 5.97 Å². The highest BCUT2D eigenvalue weighted by molar-refractivity contribution is 5.96. The van der Waals surface area contributed by atoms with Crippen molar-refractivity contribution < 1.29 is 14.3 Å². The number of carbonyl (C=O) groups excluding carboxylic acids is 2. The molecule has 0 unspecified atom stereocenters. The van der Waals surface area contributed by atoms with E-state index in [1.165, 1.54) is 64.9 Å². The Morgan fingerprint density at radius 1 is 0.973 bits per heavy atom. The highest BCUT2D eigenvalue weighted by atomic mass is 16.5. The Hall–Kier alpha value is -3.06. The molecule has 4 nitrogen and oxygen atoms in total. The molecule has 4 heteroatoms. The van der Waals surface area contributed by atoms with Gasteiger partial charge in [-0.05, 0) is 54.7 Å². The largest absolute Gasteiger partial charge is 0.465 e. The van der Waals surface area contributed by atoms with E-state index in [1.807, 2.05) is 18.2 Å². The topological polar surface area (TPSA) is 46.6 Å². The molecule has 2 aromatic rings. The van der Waals surface area contributed by atoms with Crippen molar-refractivity contribution >= 4 is 17.6 Å². The first kappa shape index (κ1) is 28.5. The number of anilines is 1. The van der Waals surface area contributed by atoms with Crippen molar-refractivity contribution in [1.29, 1.82) is 0 Å². The molecule has 1 fully saturated rings. The minimum Gasteiger partial charge on any atom is -0.465 e. The van der Waals surface area contributed by atoms with Crippen molar-refractivity contribution in [3.05, 3.63) is 65.2 Å². The van der Waals surface area contributed by atoms with Gasteiger partial charge < -0.3 is 9.64 Å². The van der Waals surface area contributed by atoms with E-state index >= 15 is 0 Å². The van der Waals surface area contributed by atoms with Gasteiger partial charge in [0.2, 0.25) is 5.91 Å². The molecule has 0 atom stereocenters. The molecule has 0 spiro atoms. The first-order valence-corrected chi connectivity index (χ1v) is 14.2. The van der Waals surface area contributed by atoms with Crippen LogP contribution in [0.2, 0.25) is 0 Å². The summed E-state index contributed by atoms with van der Waals surface area (Å²) in [7, 11) is 1.37. The molecule has 1 amide bonds. The molecule has 37 heavy (non-hydrogen) atoms. The SMILES string of the molecule is CCCCCCCCC#Cc1ccc(CN(C(=O)CCC2CCCC2)c2cccc(C(=O)OC)c2)cc1. The normalized spacial score (nSPS) is 13.1. The monoisotopic (exact) mass is 501 g/mol. The Labute approximate surface area is 223 Å². The smallest absolute Gasteiger partial charge is 0.337 e. The number of methoxy groups -OCH3 is 1. The Balaban J connectivity index is 1.64. The van der Waals surface area contributed by atoms with Gasteiger partial charge >= 0.3 is 5.97 Å². The van der Waals surface area contributed by atoms with Crippen molar-refractivity contribution in [3.63, 3.8) is 0 Å². The summed E-state index contributed by atoms with van der Waals surface area (Å²) < 4.78 is 4.89. The number of hydrogen-bond acceptors (Lipinski definition) is 3. The Morgan fingerprint density at radius 3 is 2.43 bits per heavy atom. The third kappa shape index (κ3) is 9.73. The summed E-state index contributed by atoms with van der Waals surface area (Å²) in [5.74, 6) is 6.93. The minimum atomic E-state index is -0.399. The second-order valence-corrected chi connectivity index (χ2v) is 10.2. The van der Waals surface area contributed by atoms with Crippen molar-refractivity contribution in [1.82, 2.24) is 0 Å². The van der Waals surface area contributed by atoms with Crippen LogP contribution in [0.4, 0.5) is 5.69 Å². The zero-order valence-corrected chi connectivity index (χ0v) is 22.8. The second kappa shape index (κ2) is 15.9. The highest BCUT2D eigenvalue weighted by Crippen LogP contribution is 2.29. The highest BCUT2D eigenvalue weighted by Gasteiger charge is 2.21. The molecule has 1 aliphatic rings. The van der Waals surface area contributed by atoms with E-state index in [0.717, 1.165) is 36.1 Å². The van der Waals surface area contributed by atoms with E-state index in [-0.39, 0.29) is 5.91 Å². The Bertz CT molecular complexity index is 1040. The molecule has 2 aromatic carbocycles. The number of unbranched alkanes of at least 4 members (excludes halogenated alkanes) is 6. The molecule has 198 valence electrons. The number of amides is 1. The maximum absolute atomic E-state index is 13.4. The van der Waals surface area contributed by atoms with Crippen molar-refractivity contribution in [2.75, 3.05) is 12.0 Å². The maximum Gasteiger partial charge on any atom is 0.337 e. The van der Waals surface area contributed by atoms with Crippen LogP contribution in [0.1, 0.15) is 112 Å². The third-order valence-corrected chi connectivity index (χ3v) is 7.30. The predicted octanol–water partition coefficient (Wildman–Crippen LogP) is 8.08. The van der Waals surface area contributed by atoms with E-state index in [0.29, 0.717) is 24.4 Å². The molecular weight excluding hydrogens is 458 g/mol. The average Bonchev–Trinajstić information content (AvgIpc) is 3.46. The van der Waals surface area contributed by atoms with Gasteiger partial charge in [0.05, 0.1) is 19.2 Å². The van der Waals surface area contributed by atoms with Crippen LogP contribution in [0.15, 0.2) is 48.5 Å². The molecule has 1 aliphatic carbocycles. The first-order valence-electron chi connectivity index (χ1n) is 14.2. The van der Waals surface area contributed by atoms with E-state index in [2.05, 4.69) is 30.9 Å². The van der Waals surface area contributed by atoms with Gasteiger partial charge in [0.15, 0.2) is 0 Å². The molecule has 0 aliphatic heterocycles. The lowest BCUT2D eigenvalue weighted by Crippen LogP contribution is -2.30. The fraction of sp³-hybridized carbons (Fsp3) is 0.515. The number of carbonyl (C=O) groups is 2. The van der Waals surface area contributed by atoms with Gasteiger partial charge in [-0.2, -0.15) is 0 Å². The number of benzene rings is 2. The summed E-state index contributed by atoms with van der Waals surface area (Å²) in [6.45, 7) is 2.70. The van der Waals surface area contributed by atoms with Crippen molar-refractivity contribution in [2.24, 2.45) is 5.92 Å². The number of hydrogen-bond donors (Lipinski definition) is 0. The van der Waals surface area contributed by atoms with Crippen LogP contribution in [0, 0.1) is 17.8 Å². The number of esters is 1. The third-order valence-electron chi connectivity index (χ3n) is 7.30. The van der Waals surface area contributed by atoms with Crippen LogP contribution in [0.3, 0.4) is 0 Å². The van der Waals surface area contributed by atoms with Crippen molar-refractivity contribution in [3.8, 4) is 11.8 Å². The summed E-state index contributed by atoms with van der Waals surface area (Å²) in [4.78, 5) is 27.3. The van der Waals surface area contributed by atoms with E-state index in [9.17, 15) is 9.59 Å². The van der Waals surface area contributed by atoms with Crippen LogP contribution < -0.4 is 4.90 Å². The molecule has 0 radical (unpaired) electrons. The lowest BCUT2D eigenvalue weighted by Gasteiger charge is -2.24. The maximum atomic E-state index is 13.4. The Kier molecular flexibility index (Phi) is 12.3. The molecule has 0 saturated heterocycles. The molecule has 1 saturated carbocycles. The number of nitrogens with zero attached hydrogens (tertiary/aromatic N) is 1. The van der Waals surface area contributed by atoms with E-state index in [4.69, 9.17) is 4.74 Å². The molecule has 0 N–H and O–H groups in total. The summed E-state index contributed by atoms with van der Waals surface area (Å²) in [5.41, 5.74) is 3.22. The van der Waals surface area contributed by atoms with Gasteiger partial charge in [0, 0.05) is 24.1 Å². The molecule has 0 aromatic heterocycles. The van der Waals surface area contributed by atoms with E-state index in [1.54, 1.807) is 23.1 Å². The van der Waals surface area contributed by atoms with Crippen LogP contribution in [-0.4, -0.2) is 19.0 Å². The van der Waals surface area contributed by atoms with Crippen LogP contribution in [0.5, 0.6) is 0 Å². The summed E-state index contributed by atoms with van der Waals surface area (Å²) in [6, 6.07) is 15.3. The Morgan fingerprint density at radius 2 is 1.70 bits per heavy atom. The van der Waals surface area contributed by atoms with Gasteiger partial charge in [0.25, 0.3) is 0 Å². The fourth-order valence-electron chi connectivity index (χ4n) is 5.04. The predicted molar refractivity (Wildman–Crippen MR) is 151 cm³/mol. The molecule has 0 heterocycles.